The Morgan fingerprint density at radius 2 is 1.53 bits per heavy atom. The molecule has 4 atom stereocenters. The van der Waals surface area contributed by atoms with E-state index >= 15 is 0 Å². The molecule has 1 aliphatic rings. The second-order valence-electron chi connectivity index (χ2n) is 8.64. The topological polar surface area (TPSA) is 141 Å². The van der Waals surface area contributed by atoms with Crippen LogP contribution in [0, 0.1) is 0 Å². The van der Waals surface area contributed by atoms with Gasteiger partial charge in [0.05, 0.1) is 6.61 Å². The molecule has 1 fully saturated rings. The summed E-state index contributed by atoms with van der Waals surface area (Å²) >= 11 is 0. The Labute approximate surface area is 218 Å². The van der Waals surface area contributed by atoms with Crippen molar-refractivity contribution in [1.82, 2.24) is 20.2 Å². The number of carbonyl (C=O) groups is 3. The van der Waals surface area contributed by atoms with Gasteiger partial charge in [0.2, 0.25) is 6.23 Å². The van der Waals surface area contributed by atoms with Gasteiger partial charge in [-0.25, -0.2) is 0 Å². The first-order valence-corrected chi connectivity index (χ1v) is 12.0. The van der Waals surface area contributed by atoms with Crippen LogP contribution in [-0.4, -0.2) is 63.0 Å². The lowest BCUT2D eigenvalue weighted by Gasteiger charge is -2.39. The highest BCUT2D eigenvalue weighted by Crippen LogP contribution is 2.30. The fraction of sp³-hybridized carbons (Fsp3) is 0.385. The van der Waals surface area contributed by atoms with Crippen LogP contribution >= 0.6 is 0 Å². The number of aromatic nitrogens is 4. The number of carbonyl (C=O) groups excluding carboxylic acids is 3. The Hall–Kier alpha value is -4.32. The third-order valence-corrected chi connectivity index (χ3v) is 5.56. The second-order valence-corrected chi connectivity index (χ2v) is 8.64. The molecule has 4 rings (SSSR count). The normalized spacial score (nSPS) is 20.8. The molecular weight excluding hydrogens is 496 g/mol. The molecule has 12 nitrogen and oxygen atoms in total. The smallest absolute Gasteiger partial charge is 0.303 e. The molecule has 0 amide bonds. The average molecular weight is 525 g/mol. The highest BCUT2D eigenvalue weighted by Gasteiger charge is 2.48. The van der Waals surface area contributed by atoms with E-state index in [9.17, 15) is 14.4 Å². The SMILES string of the molecule is CC(=O)OC1COC(n2nnc(Cc3ccc(OCc4ccccc4)cc3)n2)C(OC(C)=O)C1OC(C)=O. The summed E-state index contributed by atoms with van der Waals surface area (Å²) < 4.78 is 27.6. The van der Waals surface area contributed by atoms with Crippen LogP contribution in [0.2, 0.25) is 0 Å². The van der Waals surface area contributed by atoms with Crippen molar-refractivity contribution in [3.63, 3.8) is 0 Å². The monoisotopic (exact) mass is 524 g/mol. The van der Waals surface area contributed by atoms with Crippen LogP contribution in [0.25, 0.3) is 0 Å². The largest absolute Gasteiger partial charge is 0.489 e. The van der Waals surface area contributed by atoms with Crippen LogP contribution in [0.15, 0.2) is 54.6 Å². The van der Waals surface area contributed by atoms with E-state index in [0.717, 1.165) is 21.7 Å². The Morgan fingerprint density at radius 1 is 0.868 bits per heavy atom. The lowest BCUT2D eigenvalue weighted by atomic mass is 10.0. The minimum absolute atomic E-state index is 0.138. The van der Waals surface area contributed by atoms with Gasteiger partial charge in [0, 0.05) is 27.2 Å². The summed E-state index contributed by atoms with van der Waals surface area (Å²) in [6.07, 6.45) is -3.99. The molecule has 2 aromatic carbocycles. The summed E-state index contributed by atoms with van der Waals surface area (Å²) in [5.74, 6) is -0.784. The molecule has 38 heavy (non-hydrogen) atoms. The van der Waals surface area contributed by atoms with E-state index in [1.165, 1.54) is 20.8 Å². The Kier molecular flexibility index (Phi) is 8.64. The van der Waals surface area contributed by atoms with Crippen LogP contribution in [0.5, 0.6) is 5.75 Å². The molecule has 0 saturated carbocycles. The summed E-state index contributed by atoms with van der Waals surface area (Å²) in [4.78, 5) is 36.3. The zero-order chi connectivity index (χ0) is 27.1. The zero-order valence-electron chi connectivity index (χ0n) is 21.2. The number of hydrogen-bond acceptors (Lipinski definition) is 11. The lowest BCUT2D eigenvalue weighted by molar-refractivity contribution is -0.243. The zero-order valence-corrected chi connectivity index (χ0v) is 21.2. The van der Waals surface area contributed by atoms with Crippen LogP contribution in [0.1, 0.15) is 44.0 Å². The Morgan fingerprint density at radius 3 is 2.18 bits per heavy atom. The van der Waals surface area contributed by atoms with Gasteiger partial charge in [-0.3, -0.25) is 14.4 Å². The fourth-order valence-electron chi connectivity index (χ4n) is 3.98. The molecule has 1 saturated heterocycles. The van der Waals surface area contributed by atoms with Crippen molar-refractivity contribution in [3.05, 3.63) is 71.5 Å². The molecule has 4 unspecified atom stereocenters. The highest BCUT2D eigenvalue weighted by atomic mass is 16.6. The number of benzene rings is 2. The molecule has 1 aliphatic heterocycles. The van der Waals surface area contributed by atoms with E-state index in [0.29, 0.717) is 18.9 Å². The summed E-state index contributed by atoms with van der Waals surface area (Å²) in [5.41, 5.74) is 2.00. The molecule has 1 aromatic heterocycles. The van der Waals surface area contributed by atoms with Crippen molar-refractivity contribution in [2.24, 2.45) is 0 Å². The quantitative estimate of drug-likeness (QED) is 0.300. The first-order valence-electron chi connectivity index (χ1n) is 12.0. The van der Waals surface area contributed by atoms with Gasteiger partial charge in [0.1, 0.15) is 12.4 Å². The molecule has 0 N–H and O–H groups in total. The van der Waals surface area contributed by atoms with Crippen molar-refractivity contribution in [3.8, 4) is 5.75 Å². The summed E-state index contributed by atoms with van der Waals surface area (Å²) in [6.45, 7) is 3.94. The molecule has 2 heterocycles. The van der Waals surface area contributed by atoms with E-state index in [1.54, 1.807) is 0 Å². The van der Waals surface area contributed by atoms with Gasteiger partial charge in [0.25, 0.3) is 0 Å². The third kappa shape index (κ3) is 7.13. The minimum atomic E-state index is -1.18. The predicted molar refractivity (Wildman–Crippen MR) is 129 cm³/mol. The number of esters is 3. The molecule has 0 radical (unpaired) electrons. The van der Waals surface area contributed by atoms with E-state index in [1.807, 2.05) is 54.6 Å². The van der Waals surface area contributed by atoms with E-state index in [-0.39, 0.29) is 6.61 Å². The third-order valence-electron chi connectivity index (χ3n) is 5.56. The van der Waals surface area contributed by atoms with Crippen LogP contribution in [-0.2, 0) is 46.4 Å². The molecule has 0 aliphatic carbocycles. The van der Waals surface area contributed by atoms with Gasteiger partial charge in [-0.2, -0.15) is 0 Å². The Balaban J connectivity index is 1.45. The average Bonchev–Trinajstić information content (AvgIpc) is 3.33. The lowest BCUT2D eigenvalue weighted by Crippen LogP contribution is -2.55. The minimum Gasteiger partial charge on any atom is -0.489 e. The van der Waals surface area contributed by atoms with Crippen molar-refractivity contribution in [2.75, 3.05) is 6.61 Å². The molecule has 0 spiro atoms. The fourth-order valence-corrected chi connectivity index (χ4v) is 3.98. The molecular formula is C26H28N4O8. The summed E-state index contributed by atoms with van der Waals surface area (Å²) in [6, 6.07) is 17.4. The number of rotatable bonds is 9. The number of tetrazole rings is 1. The van der Waals surface area contributed by atoms with E-state index in [2.05, 4.69) is 15.4 Å². The first kappa shape index (κ1) is 26.7. The Bertz CT molecular complexity index is 1250. The van der Waals surface area contributed by atoms with Gasteiger partial charge < -0.3 is 23.7 Å². The van der Waals surface area contributed by atoms with Crippen molar-refractivity contribution < 1.29 is 38.1 Å². The maximum Gasteiger partial charge on any atom is 0.303 e. The van der Waals surface area contributed by atoms with Gasteiger partial charge in [-0.1, -0.05) is 42.5 Å². The predicted octanol–water partition coefficient (Wildman–Crippen LogP) is 2.17. The maximum absolute atomic E-state index is 11.8. The van der Waals surface area contributed by atoms with Crippen LogP contribution in [0.3, 0.4) is 0 Å². The number of hydrogen-bond donors (Lipinski definition) is 0. The van der Waals surface area contributed by atoms with Crippen molar-refractivity contribution >= 4 is 17.9 Å². The van der Waals surface area contributed by atoms with Crippen molar-refractivity contribution in [2.45, 2.75) is 58.3 Å². The van der Waals surface area contributed by atoms with Gasteiger partial charge in [-0.15, -0.1) is 15.0 Å². The highest BCUT2D eigenvalue weighted by molar-refractivity contribution is 5.68. The number of nitrogens with zero attached hydrogens (tertiary/aromatic N) is 4. The van der Waals surface area contributed by atoms with E-state index in [4.69, 9.17) is 23.7 Å². The number of ether oxygens (including phenoxy) is 5. The standard InChI is InChI=1S/C26H28N4O8/c1-16(31)36-22-15-35-26(25(38-18(3)33)24(22)37-17(2)32)30-28-23(27-29-30)13-19-9-11-21(12-10-19)34-14-20-7-5-4-6-8-20/h4-12,22,24-26H,13-15H2,1-3H3. The molecule has 3 aromatic rings. The van der Waals surface area contributed by atoms with Crippen molar-refractivity contribution in [1.29, 1.82) is 0 Å². The molecule has 200 valence electrons. The van der Waals surface area contributed by atoms with Gasteiger partial charge in [-0.05, 0) is 28.5 Å². The summed E-state index contributed by atoms with van der Waals surface area (Å²) in [5, 5.41) is 12.5. The van der Waals surface area contributed by atoms with E-state index < -0.39 is 42.4 Å². The summed E-state index contributed by atoms with van der Waals surface area (Å²) in [7, 11) is 0. The maximum atomic E-state index is 11.8. The van der Waals surface area contributed by atoms with Gasteiger partial charge in [0.15, 0.2) is 24.1 Å². The molecule has 0 bridgehead atoms. The van der Waals surface area contributed by atoms with Crippen LogP contribution < -0.4 is 4.74 Å². The van der Waals surface area contributed by atoms with Crippen LogP contribution in [0.4, 0.5) is 0 Å². The second kappa shape index (κ2) is 12.3. The van der Waals surface area contributed by atoms with Gasteiger partial charge >= 0.3 is 17.9 Å². The first-order chi connectivity index (χ1) is 18.3. The molecule has 12 heteroatoms.